The van der Waals surface area contributed by atoms with Crippen molar-refractivity contribution in [2.75, 3.05) is 29.5 Å². The third-order valence-electron chi connectivity index (χ3n) is 2.64. The van der Waals surface area contributed by atoms with Crippen LogP contribution in [0.5, 0.6) is 0 Å². The van der Waals surface area contributed by atoms with Gasteiger partial charge in [0, 0.05) is 29.7 Å². The van der Waals surface area contributed by atoms with E-state index in [0.29, 0.717) is 11.1 Å². The fourth-order valence-corrected chi connectivity index (χ4v) is 2.80. The van der Waals surface area contributed by atoms with Gasteiger partial charge in [0.05, 0.1) is 0 Å². The first-order valence-electron chi connectivity index (χ1n) is 5.12. The Balaban J connectivity index is 2.24. The van der Waals surface area contributed by atoms with Crippen LogP contribution in [0.1, 0.15) is 12.5 Å². The molecular formula is C10H16N4S. The number of nitrogen functional groups attached to an aromatic ring is 1. The summed E-state index contributed by atoms with van der Waals surface area (Å²) in [5.74, 6) is 2.74. The third kappa shape index (κ3) is 2.17. The number of rotatable bonds is 1. The number of hydrogen-bond donors (Lipinski definition) is 1. The molecule has 4 nitrogen and oxygen atoms in total. The maximum Gasteiger partial charge on any atom is 0.137 e. The molecule has 1 fully saturated rings. The molecule has 1 saturated heterocycles. The lowest BCUT2D eigenvalue weighted by Gasteiger charge is -2.32. The highest BCUT2D eigenvalue weighted by atomic mass is 32.2. The lowest BCUT2D eigenvalue weighted by molar-refractivity contribution is 0.765. The summed E-state index contributed by atoms with van der Waals surface area (Å²) < 4.78 is 0. The predicted octanol–water partition coefficient (Wildman–Crippen LogP) is 1.31. The Bertz CT molecular complexity index is 355. The van der Waals surface area contributed by atoms with Crippen molar-refractivity contribution in [2.45, 2.75) is 19.1 Å². The summed E-state index contributed by atoms with van der Waals surface area (Å²) in [4.78, 5) is 10.6. The Hall–Kier alpha value is -0.970. The van der Waals surface area contributed by atoms with Crippen LogP contribution in [0.3, 0.4) is 0 Å². The lowest BCUT2D eigenvalue weighted by Crippen LogP contribution is -2.37. The summed E-state index contributed by atoms with van der Waals surface area (Å²) in [6.45, 7) is 6.32. The molecule has 2 rings (SSSR count). The zero-order valence-electron chi connectivity index (χ0n) is 9.10. The van der Waals surface area contributed by atoms with E-state index < -0.39 is 0 Å². The van der Waals surface area contributed by atoms with Crippen molar-refractivity contribution in [3.05, 3.63) is 11.9 Å². The van der Waals surface area contributed by atoms with E-state index in [0.717, 1.165) is 30.2 Å². The fourth-order valence-electron chi connectivity index (χ4n) is 1.78. The van der Waals surface area contributed by atoms with Gasteiger partial charge in [-0.3, -0.25) is 0 Å². The van der Waals surface area contributed by atoms with Gasteiger partial charge in [0.1, 0.15) is 18.0 Å². The molecule has 0 saturated carbocycles. The van der Waals surface area contributed by atoms with E-state index in [-0.39, 0.29) is 0 Å². The van der Waals surface area contributed by atoms with Gasteiger partial charge in [0.15, 0.2) is 0 Å². The van der Waals surface area contributed by atoms with E-state index in [1.165, 1.54) is 0 Å². The normalized spacial score (nSPS) is 21.7. The van der Waals surface area contributed by atoms with Crippen LogP contribution in [0.4, 0.5) is 11.6 Å². The zero-order chi connectivity index (χ0) is 10.8. The molecule has 0 radical (unpaired) electrons. The molecule has 1 aliphatic rings. The minimum absolute atomic E-state index is 0.589. The van der Waals surface area contributed by atoms with Crippen molar-refractivity contribution in [1.29, 1.82) is 0 Å². The molecule has 2 heterocycles. The number of thioether (sulfide) groups is 1. The quantitative estimate of drug-likeness (QED) is 0.779. The van der Waals surface area contributed by atoms with Gasteiger partial charge in [0.25, 0.3) is 0 Å². The molecule has 5 heteroatoms. The maximum absolute atomic E-state index is 5.78. The van der Waals surface area contributed by atoms with E-state index >= 15 is 0 Å². The highest BCUT2D eigenvalue weighted by Gasteiger charge is 2.20. The van der Waals surface area contributed by atoms with Crippen molar-refractivity contribution in [3.63, 3.8) is 0 Å². The molecule has 1 aliphatic heterocycles. The van der Waals surface area contributed by atoms with Crippen LogP contribution in [-0.4, -0.2) is 34.1 Å². The van der Waals surface area contributed by atoms with E-state index in [1.807, 2.05) is 18.7 Å². The Morgan fingerprint density at radius 1 is 1.53 bits per heavy atom. The monoisotopic (exact) mass is 224 g/mol. The minimum atomic E-state index is 0.589. The molecule has 0 spiro atoms. The van der Waals surface area contributed by atoms with Crippen LogP contribution < -0.4 is 10.6 Å². The van der Waals surface area contributed by atoms with E-state index in [4.69, 9.17) is 5.73 Å². The number of nitrogens with two attached hydrogens (primary N) is 1. The first kappa shape index (κ1) is 10.5. The van der Waals surface area contributed by atoms with E-state index in [1.54, 1.807) is 6.33 Å². The van der Waals surface area contributed by atoms with Crippen molar-refractivity contribution >= 4 is 23.4 Å². The molecule has 0 amide bonds. The van der Waals surface area contributed by atoms with Gasteiger partial charge in [-0.15, -0.1) is 0 Å². The van der Waals surface area contributed by atoms with Crippen LogP contribution in [0.15, 0.2) is 6.33 Å². The average Bonchev–Trinajstić information content (AvgIpc) is 2.22. The number of anilines is 2. The molecule has 1 aromatic rings. The standard InChI is InChI=1S/C10H16N4S/c1-7-5-14(3-4-15-7)10-8(2)9(11)12-6-13-10/h6-7H,3-5H2,1-2H3,(H2,11,12,13). The van der Waals surface area contributed by atoms with Crippen molar-refractivity contribution in [1.82, 2.24) is 9.97 Å². The molecule has 15 heavy (non-hydrogen) atoms. The van der Waals surface area contributed by atoms with Crippen LogP contribution in [0.2, 0.25) is 0 Å². The molecule has 2 N–H and O–H groups in total. The Kier molecular flexibility index (Phi) is 3.00. The van der Waals surface area contributed by atoms with Crippen molar-refractivity contribution in [2.24, 2.45) is 0 Å². The molecule has 1 atom stereocenters. The molecule has 1 aromatic heterocycles. The first-order chi connectivity index (χ1) is 7.18. The highest BCUT2D eigenvalue weighted by Crippen LogP contribution is 2.25. The Morgan fingerprint density at radius 2 is 2.33 bits per heavy atom. The molecule has 1 unspecified atom stereocenters. The van der Waals surface area contributed by atoms with Gasteiger partial charge in [-0.25, -0.2) is 9.97 Å². The number of hydrogen-bond acceptors (Lipinski definition) is 5. The number of aromatic nitrogens is 2. The second-order valence-corrected chi connectivity index (χ2v) is 5.38. The minimum Gasteiger partial charge on any atom is -0.383 e. The fraction of sp³-hybridized carbons (Fsp3) is 0.600. The van der Waals surface area contributed by atoms with E-state index in [9.17, 15) is 0 Å². The van der Waals surface area contributed by atoms with Crippen molar-refractivity contribution in [3.8, 4) is 0 Å². The largest absolute Gasteiger partial charge is 0.383 e. The maximum atomic E-state index is 5.78. The third-order valence-corrected chi connectivity index (χ3v) is 3.77. The summed E-state index contributed by atoms with van der Waals surface area (Å²) in [5.41, 5.74) is 6.78. The average molecular weight is 224 g/mol. The van der Waals surface area contributed by atoms with Crippen molar-refractivity contribution < 1.29 is 0 Å². The van der Waals surface area contributed by atoms with Gasteiger partial charge in [-0.1, -0.05) is 6.92 Å². The smallest absolute Gasteiger partial charge is 0.137 e. The lowest BCUT2D eigenvalue weighted by atomic mass is 10.2. The molecular weight excluding hydrogens is 208 g/mol. The predicted molar refractivity (Wildman–Crippen MR) is 65.3 cm³/mol. The summed E-state index contributed by atoms with van der Waals surface area (Å²) in [6.07, 6.45) is 1.55. The molecule has 0 bridgehead atoms. The Morgan fingerprint density at radius 3 is 3.07 bits per heavy atom. The highest BCUT2D eigenvalue weighted by molar-refractivity contribution is 8.00. The van der Waals surface area contributed by atoms with Crippen LogP contribution in [-0.2, 0) is 0 Å². The Labute approximate surface area is 94.3 Å². The summed E-state index contributed by atoms with van der Waals surface area (Å²) in [5, 5.41) is 0.661. The van der Waals surface area contributed by atoms with Gasteiger partial charge in [-0.05, 0) is 6.92 Å². The van der Waals surface area contributed by atoms with Gasteiger partial charge < -0.3 is 10.6 Å². The molecule has 0 aromatic carbocycles. The van der Waals surface area contributed by atoms with Gasteiger partial charge in [0.2, 0.25) is 0 Å². The molecule has 0 aliphatic carbocycles. The number of nitrogens with zero attached hydrogens (tertiary/aromatic N) is 3. The molecule has 82 valence electrons. The van der Waals surface area contributed by atoms with Crippen LogP contribution >= 0.6 is 11.8 Å². The van der Waals surface area contributed by atoms with Gasteiger partial charge >= 0.3 is 0 Å². The van der Waals surface area contributed by atoms with Gasteiger partial charge in [-0.2, -0.15) is 11.8 Å². The second kappa shape index (κ2) is 4.26. The summed E-state index contributed by atoms with van der Waals surface area (Å²) in [7, 11) is 0. The summed E-state index contributed by atoms with van der Waals surface area (Å²) in [6, 6.07) is 0. The first-order valence-corrected chi connectivity index (χ1v) is 6.17. The zero-order valence-corrected chi connectivity index (χ0v) is 9.92. The van der Waals surface area contributed by atoms with E-state index in [2.05, 4.69) is 21.8 Å². The van der Waals surface area contributed by atoms with Crippen LogP contribution in [0, 0.1) is 6.92 Å². The SMILES string of the molecule is Cc1c(N)ncnc1N1CCSC(C)C1. The van der Waals surface area contributed by atoms with Crippen LogP contribution in [0.25, 0.3) is 0 Å². The topological polar surface area (TPSA) is 55.0 Å². The second-order valence-electron chi connectivity index (χ2n) is 3.83. The summed E-state index contributed by atoms with van der Waals surface area (Å²) >= 11 is 2.01.